The molecule has 1 saturated heterocycles. The SMILES string of the molecule is Cc1c(COc2cccc(N3CCCCC3=O)c2)nc2ccccc2c1OCc1ccccc1. The minimum atomic E-state index is 0.177. The Balaban J connectivity index is 1.38. The van der Waals surface area contributed by atoms with Gasteiger partial charge in [0.1, 0.15) is 24.7 Å². The van der Waals surface area contributed by atoms with Crippen LogP contribution in [0.3, 0.4) is 0 Å². The maximum atomic E-state index is 12.3. The smallest absolute Gasteiger partial charge is 0.226 e. The molecule has 0 radical (unpaired) electrons. The summed E-state index contributed by atoms with van der Waals surface area (Å²) in [7, 11) is 0. The van der Waals surface area contributed by atoms with Gasteiger partial charge in [-0.2, -0.15) is 0 Å². The molecule has 1 fully saturated rings. The van der Waals surface area contributed by atoms with Gasteiger partial charge >= 0.3 is 0 Å². The summed E-state index contributed by atoms with van der Waals surface area (Å²) in [4.78, 5) is 19.0. The van der Waals surface area contributed by atoms with E-state index in [9.17, 15) is 4.79 Å². The van der Waals surface area contributed by atoms with Crippen molar-refractivity contribution in [2.24, 2.45) is 0 Å². The van der Waals surface area contributed by atoms with Gasteiger partial charge in [0, 0.05) is 35.7 Å². The van der Waals surface area contributed by atoms with Gasteiger partial charge in [0.15, 0.2) is 0 Å². The fourth-order valence-corrected chi connectivity index (χ4v) is 4.35. The fraction of sp³-hybridized carbons (Fsp3) is 0.241. The number of rotatable bonds is 7. The molecule has 0 atom stereocenters. The molecule has 5 rings (SSSR count). The molecule has 0 spiro atoms. The number of hydrogen-bond acceptors (Lipinski definition) is 4. The van der Waals surface area contributed by atoms with Crippen LogP contribution in [-0.2, 0) is 18.0 Å². The van der Waals surface area contributed by atoms with Gasteiger partial charge in [0.2, 0.25) is 5.91 Å². The summed E-state index contributed by atoms with van der Waals surface area (Å²) in [5.41, 5.74) is 4.68. The van der Waals surface area contributed by atoms with Crippen LogP contribution in [0.5, 0.6) is 11.5 Å². The second kappa shape index (κ2) is 9.96. The number of anilines is 1. The number of ether oxygens (including phenoxy) is 2. The molecule has 0 saturated carbocycles. The molecule has 1 amide bonds. The zero-order valence-electron chi connectivity index (χ0n) is 19.4. The van der Waals surface area contributed by atoms with Gasteiger partial charge in [-0.05, 0) is 49.6 Å². The topological polar surface area (TPSA) is 51.7 Å². The number of hydrogen-bond donors (Lipinski definition) is 0. The van der Waals surface area contributed by atoms with Crippen LogP contribution in [-0.4, -0.2) is 17.4 Å². The molecule has 5 nitrogen and oxygen atoms in total. The normalized spacial score (nSPS) is 13.8. The Hall–Kier alpha value is -3.86. The summed E-state index contributed by atoms with van der Waals surface area (Å²) in [5.74, 6) is 1.73. The summed E-state index contributed by atoms with van der Waals surface area (Å²) in [6, 6.07) is 25.9. The van der Waals surface area contributed by atoms with Gasteiger partial charge < -0.3 is 14.4 Å². The van der Waals surface area contributed by atoms with E-state index in [0.29, 0.717) is 19.6 Å². The Labute approximate surface area is 200 Å². The highest BCUT2D eigenvalue weighted by Gasteiger charge is 2.20. The summed E-state index contributed by atoms with van der Waals surface area (Å²) in [5, 5.41) is 0.991. The standard InChI is InChI=1S/C29H28N2O3/c1-21-27(20-33-24-13-9-12-23(18-24)31-17-8-7-16-28(31)32)30-26-15-6-5-14-25(26)29(21)34-19-22-10-3-2-4-11-22/h2-6,9-15,18H,7-8,16-17,19-20H2,1H3. The molecular weight excluding hydrogens is 424 g/mol. The number of benzene rings is 3. The van der Waals surface area contributed by atoms with E-state index in [4.69, 9.17) is 14.5 Å². The lowest BCUT2D eigenvalue weighted by Crippen LogP contribution is -2.35. The highest BCUT2D eigenvalue weighted by atomic mass is 16.5. The van der Waals surface area contributed by atoms with Crippen LogP contribution in [0, 0.1) is 6.92 Å². The van der Waals surface area contributed by atoms with Crippen molar-refractivity contribution >= 4 is 22.5 Å². The van der Waals surface area contributed by atoms with E-state index in [-0.39, 0.29) is 5.91 Å². The lowest BCUT2D eigenvalue weighted by Gasteiger charge is -2.27. The van der Waals surface area contributed by atoms with Crippen molar-refractivity contribution in [3.8, 4) is 11.5 Å². The van der Waals surface area contributed by atoms with E-state index in [1.165, 1.54) is 0 Å². The number of aromatic nitrogens is 1. The van der Waals surface area contributed by atoms with Crippen molar-refractivity contribution in [3.63, 3.8) is 0 Å². The van der Waals surface area contributed by atoms with Crippen molar-refractivity contribution in [1.29, 1.82) is 0 Å². The van der Waals surface area contributed by atoms with Crippen LogP contribution in [0.4, 0.5) is 5.69 Å². The zero-order valence-corrected chi connectivity index (χ0v) is 19.4. The van der Waals surface area contributed by atoms with Crippen LogP contribution in [0.1, 0.15) is 36.1 Å². The highest BCUT2D eigenvalue weighted by Crippen LogP contribution is 2.32. The molecular formula is C29H28N2O3. The second-order valence-electron chi connectivity index (χ2n) is 8.59. The number of pyridine rings is 1. The van der Waals surface area contributed by atoms with E-state index in [1.54, 1.807) is 0 Å². The van der Waals surface area contributed by atoms with Crippen LogP contribution in [0.25, 0.3) is 10.9 Å². The van der Waals surface area contributed by atoms with E-state index in [0.717, 1.165) is 64.3 Å². The first-order valence-electron chi connectivity index (χ1n) is 11.8. The Morgan fingerprint density at radius 3 is 2.56 bits per heavy atom. The maximum absolute atomic E-state index is 12.3. The quantitative estimate of drug-likeness (QED) is 0.334. The molecule has 172 valence electrons. The van der Waals surface area contributed by atoms with Gasteiger partial charge in [-0.25, -0.2) is 4.98 Å². The number of nitrogens with zero attached hydrogens (tertiary/aromatic N) is 2. The van der Waals surface area contributed by atoms with Crippen LogP contribution < -0.4 is 14.4 Å². The summed E-state index contributed by atoms with van der Waals surface area (Å²) >= 11 is 0. The molecule has 0 aliphatic carbocycles. The van der Waals surface area contributed by atoms with Crippen LogP contribution in [0.2, 0.25) is 0 Å². The van der Waals surface area contributed by atoms with Crippen molar-refractivity contribution in [2.45, 2.75) is 39.4 Å². The van der Waals surface area contributed by atoms with Crippen LogP contribution in [0.15, 0.2) is 78.9 Å². The van der Waals surface area contributed by atoms with Gasteiger partial charge in [-0.15, -0.1) is 0 Å². The first kappa shape index (κ1) is 22.0. The lowest BCUT2D eigenvalue weighted by atomic mass is 10.1. The first-order chi connectivity index (χ1) is 16.7. The molecule has 3 aromatic carbocycles. The number of amides is 1. The van der Waals surface area contributed by atoms with E-state index in [1.807, 2.05) is 78.6 Å². The van der Waals surface area contributed by atoms with E-state index in [2.05, 4.69) is 12.1 Å². The molecule has 0 unspecified atom stereocenters. The third-order valence-corrected chi connectivity index (χ3v) is 6.23. The number of carbonyl (C=O) groups excluding carboxylic acids is 1. The summed E-state index contributed by atoms with van der Waals surface area (Å²) in [6.45, 7) is 3.59. The van der Waals surface area contributed by atoms with Gasteiger partial charge in [-0.3, -0.25) is 4.79 Å². The van der Waals surface area contributed by atoms with Gasteiger partial charge in [0.25, 0.3) is 0 Å². The second-order valence-corrected chi connectivity index (χ2v) is 8.59. The number of carbonyl (C=O) groups is 1. The van der Waals surface area contributed by atoms with Gasteiger partial charge in [-0.1, -0.05) is 48.5 Å². The molecule has 34 heavy (non-hydrogen) atoms. The Morgan fingerprint density at radius 2 is 1.71 bits per heavy atom. The Kier molecular flexibility index (Phi) is 6.43. The van der Waals surface area contributed by atoms with Gasteiger partial charge in [0.05, 0.1) is 11.2 Å². The molecule has 1 aromatic heterocycles. The number of piperidine rings is 1. The molecule has 2 heterocycles. The monoisotopic (exact) mass is 452 g/mol. The van der Waals surface area contributed by atoms with Crippen molar-refractivity contribution in [3.05, 3.63) is 95.7 Å². The van der Waals surface area contributed by atoms with E-state index < -0.39 is 0 Å². The first-order valence-corrected chi connectivity index (χ1v) is 11.8. The van der Waals surface area contributed by atoms with Crippen molar-refractivity contribution in [1.82, 2.24) is 4.98 Å². The predicted molar refractivity (Wildman–Crippen MR) is 134 cm³/mol. The van der Waals surface area contributed by atoms with Crippen LogP contribution >= 0.6 is 0 Å². The average molecular weight is 453 g/mol. The van der Waals surface area contributed by atoms with E-state index >= 15 is 0 Å². The molecule has 0 N–H and O–H groups in total. The molecule has 5 heteroatoms. The lowest BCUT2D eigenvalue weighted by molar-refractivity contribution is -0.119. The number of fused-ring (bicyclic) bond motifs is 1. The maximum Gasteiger partial charge on any atom is 0.226 e. The average Bonchev–Trinajstić information content (AvgIpc) is 2.88. The van der Waals surface area contributed by atoms with Crippen molar-refractivity contribution < 1.29 is 14.3 Å². The Morgan fingerprint density at radius 1 is 0.882 bits per heavy atom. The molecule has 4 aromatic rings. The summed E-state index contributed by atoms with van der Waals surface area (Å²) < 4.78 is 12.4. The fourth-order valence-electron chi connectivity index (χ4n) is 4.35. The predicted octanol–water partition coefficient (Wildman–Crippen LogP) is 6.22. The zero-order chi connectivity index (χ0) is 23.3. The molecule has 0 bridgehead atoms. The third-order valence-electron chi connectivity index (χ3n) is 6.23. The summed E-state index contributed by atoms with van der Waals surface area (Å²) in [6.07, 6.45) is 2.60. The Bertz CT molecular complexity index is 1300. The largest absolute Gasteiger partial charge is 0.488 e. The highest BCUT2D eigenvalue weighted by molar-refractivity contribution is 5.94. The molecule has 1 aliphatic rings. The molecule has 1 aliphatic heterocycles. The van der Waals surface area contributed by atoms with Crippen molar-refractivity contribution in [2.75, 3.05) is 11.4 Å². The minimum absolute atomic E-state index is 0.177. The minimum Gasteiger partial charge on any atom is -0.488 e. The number of para-hydroxylation sites is 1. The third kappa shape index (κ3) is 4.74.